The van der Waals surface area contributed by atoms with Crippen LogP contribution in [0.4, 0.5) is 11.6 Å². The van der Waals surface area contributed by atoms with Crippen LogP contribution in [-0.4, -0.2) is 35.3 Å². The Labute approximate surface area is 174 Å². The molecule has 1 saturated heterocycles. The number of piperidine rings is 1. The van der Waals surface area contributed by atoms with Crippen molar-refractivity contribution in [2.24, 2.45) is 5.92 Å². The molecule has 1 fully saturated rings. The second-order valence-corrected chi connectivity index (χ2v) is 7.62. The number of hydrogen-bond donors (Lipinski definition) is 1. The van der Waals surface area contributed by atoms with E-state index >= 15 is 0 Å². The Morgan fingerprint density at radius 1 is 1.17 bits per heavy atom. The summed E-state index contributed by atoms with van der Waals surface area (Å²) in [6.07, 6.45) is 3.46. The first-order valence-corrected chi connectivity index (χ1v) is 10.2. The zero-order valence-corrected chi connectivity index (χ0v) is 16.7. The summed E-state index contributed by atoms with van der Waals surface area (Å²) in [5.74, 6) is 2.36. The molecule has 0 radical (unpaired) electrons. The molecule has 0 spiro atoms. The topological polar surface area (TPSA) is 68.6 Å². The highest BCUT2D eigenvalue weighted by atomic mass is 16.7. The zero-order valence-electron chi connectivity index (χ0n) is 16.7. The fraction of sp³-hybridized carbons (Fsp3) is 0.304. The van der Waals surface area contributed by atoms with E-state index in [1.165, 1.54) is 0 Å². The Bertz CT molecular complexity index is 1100. The number of nitrogens with one attached hydrogen (secondary N) is 1. The van der Waals surface area contributed by atoms with Gasteiger partial charge in [0.2, 0.25) is 18.6 Å². The van der Waals surface area contributed by atoms with Gasteiger partial charge in [0.25, 0.3) is 0 Å². The van der Waals surface area contributed by atoms with Crippen LogP contribution >= 0.6 is 0 Å². The Morgan fingerprint density at radius 3 is 2.80 bits per heavy atom. The van der Waals surface area contributed by atoms with Crippen molar-refractivity contribution in [1.82, 2.24) is 9.55 Å². The fourth-order valence-electron chi connectivity index (χ4n) is 4.17. The number of hydrogen-bond acceptors (Lipinski definition) is 5. The number of nitrogens with zero attached hydrogens (tertiary/aromatic N) is 3. The van der Waals surface area contributed by atoms with Crippen molar-refractivity contribution in [1.29, 1.82) is 0 Å². The molecule has 30 heavy (non-hydrogen) atoms. The molecule has 3 aromatic rings. The van der Waals surface area contributed by atoms with Crippen molar-refractivity contribution >= 4 is 28.6 Å². The van der Waals surface area contributed by atoms with Crippen LogP contribution < -0.4 is 19.7 Å². The Morgan fingerprint density at radius 2 is 1.97 bits per heavy atom. The van der Waals surface area contributed by atoms with Crippen molar-refractivity contribution in [3.05, 3.63) is 55.1 Å². The number of anilines is 2. The fourth-order valence-corrected chi connectivity index (χ4v) is 4.17. The van der Waals surface area contributed by atoms with Crippen LogP contribution in [-0.2, 0) is 11.3 Å². The lowest BCUT2D eigenvalue weighted by Crippen LogP contribution is -2.39. The van der Waals surface area contributed by atoms with E-state index in [1.54, 1.807) is 0 Å². The van der Waals surface area contributed by atoms with Crippen LogP contribution in [0, 0.1) is 5.92 Å². The van der Waals surface area contributed by atoms with E-state index < -0.39 is 0 Å². The highest BCUT2D eigenvalue weighted by Gasteiger charge is 2.28. The molecular formula is C23H24N4O3. The number of rotatable bonds is 5. The summed E-state index contributed by atoms with van der Waals surface area (Å²) in [5.41, 5.74) is 2.83. The number of imidazole rings is 1. The first kappa shape index (κ1) is 18.5. The summed E-state index contributed by atoms with van der Waals surface area (Å²) in [4.78, 5) is 19.9. The van der Waals surface area contributed by atoms with Gasteiger partial charge in [-0.2, -0.15) is 0 Å². The number of ether oxygens (including phenoxy) is 2. The third kappa shape index (κ3) is 3.36. The van der Waals surface area contributed by atoms with E-state index in [0.717, 1.165) is 48.6 Å². The van der Waals surface area contributed by atoms with Gasteiger partial charge in [-0.3, -0.25) is 4.79 Å². The monoisotopic (exact) mass is 404 g/mol. The highest BCUT2D eigenvalue weighted by molar-refractivity contribution is 5.93. The Balaban J connectivity index is 1.26. The molecule has 5 rings (SSSR count). The first-order valence-electron chi connectivity index (χ1n) is 10.2. The molecule has 1 amide bonds. The van der Waals surface area contributed by atoms with Gasteiger partial charge in [0.1, 0.15) is 0 Å². The van der Waals surface area contributed by atoms with Gasteiger partial charge >= 0.3 is 0 Å². The zero-order chi connectivity index (χ0) is 20.5. The molecule has 2 aliphatic heterocycles. The van der Waals surface area contributed by atoms with Crippen LogP contribution in [0.3, 0.4) is 0 Å². The summed E-state index contributed by atoms with van der Waals surface area (Å²) in [7, 11) is 0. The van der Waals surface area contributed by atoms with Crippen LogP contribution in [0.2, 0.25) is 0 Å². The SMILES string of the molecule is C=CCn1c(N2CCC(C(=O)Nc3ccc4c(c3)OCO4)CC2)nc2ccccc21. The summed E-state index contributed by atoms with van der Waals surface area (Å²) in [5, 5.41) is 3.02. The minimum Gasteiger partial charge on any atom is -0.454 e. The molecule has 0 saturated carbocycles. The van der Waals surface area contributed by atoms with Gasteiger partial charge in [0.05, 0.1) is 11.0 Å². The van der Waals surface area contributed by atoms with Crippen molar-refractivity contribution in [3.63, 3.8) is 0 Å². The second kappa shape index (κ2) is 7.74. The van der Waals surface area contributed by atoms with Gasteiger partial charge in [-0.15, -0.1) is 6.58 Å². The lowest BCUT2D eigenvalue weighted by Gasteiger charge is -2.32. The normalized spacial score (nSPS) is 16.1. The molecule has 0 unspecified atom stereocenters. The minimum atomic E-state index is -0.0242. The maximum atomic E-state index is 12.8. The van der Waals surface area contributed by atoms with Crippen molar-refractivity contribution in [3.8, 4) is 11.5 Å². The van der Waals surface area contributed by atoms with Gasteiger partial charge in [0.15, 0.2) is 11.5 Å². The standard InChI is InChI=1S/C23H24N4O3/c1-2-11-27-19-6-4-3-5-18(19)25-23(27)26-12-9-16(10-13-26)22(28)24-17-7-8-20-21(14-17)30-15-29-20/h2-8,14,16H,1,9-13,15H2,(H,24,28). The smallest absolute Gasteiger partial charge is 0.231 e. The summed E-state index contributed by atoms with van der Waals surface area (Å²) >= 11 is 0. The first-order chi connectivity index (χ1) is 14.7. The van der Waals surface area contributed by atoms with Crippen LogP contribution in [0.5, 0.6) is 11.5 Å². The van der Waals surface area contributed by atoms with Gasteiger partial charge in [-0.1, -0.05) is 18.2 Å². The maximum Gasteiger partial charge on any atom is 0.231 e. The third-order valence-electron chi connectivity index (χ3n) is 5.73. The Hall–Kier alpha value is -3.48. The lowest BCUT2D eigenvalue weighted by molar-refractivity contribution is -0.120. The van der Waals surface area contributed by atoms with E-state index in [4.69, 9.17) is 14.5 Å². The molecule has 0 aliphatic carbocycles. The second-order valence-electron chi connectivity index (χ2n) is 7.62. The number of carbonyl (C=O) groups is 1. The van der Waals surface area contributed by atoms with E-state index in [-0.39, 0.29) is 18.6 Å². The van der Waals surface area contributed by atoms with Crippen molar-refractivity contribution in [2.45, 2.75) is 19.4 Å². The maximum absolute atomic E-state index is 12.8. The summed E-state index contributed by atoms with van der Waals surface area (Å²) in [6.45, 7) is 6.40. The molecular weight excluding hydrogens is 380 g/mol. The average molecular weight is 404 g/mol. The van der Waals surface area contributed by atoms with Crippen molar-refractivity contribution in [2.75, 3.05) is 30.1 Å². The van der Waals surface area contributed by atoms with Gasteiger partial charge in [-0.05, 0) is 37.1 Å². The molecule has 1 N–H and O–H groups in total. The number of allylic oxidation sites excluding steroid dienone is 1. The van der Waals surface area contributed by atoms with E-state index in [9.17, 15) is 4.79 Å². The quantitative estimate of drug-likeness (QED) is 0.655. The Kier molecular flexibility index (Phi) is 4.78. The van der Waals surface area contributed by atoms with E-state index in [1.807, 2.05) is 42.5 Å². The predicted molar refractivity (Wildman–Crippen MR) is 116 cm³/mol. The number of fused-ring (bicyclic) bond motifs is 2. The number of amides is 1. The van der Waals surface area contributed by atoms with Gasteiger partial charge < -0.3 is 24.3 Å². The third-order valence-corrected chi connectivity index (χ3v) is 5.73. The van der Waals surface area contributed by atoms with Crippen LogP contribution in [0.25, 0.3) is 11.0 Å². The van der Waals surface area contributed by atoms with Gasteiger partial charge in [0, 0.05) is 37.3 Å². The van der Waals surface area contributed by atoms with Crippen LogP contribution in [0.15, 0.2) is 55.1 Å². The number of para-hydroxylation sites is 2. The molecule has 0 bridgehead atoms. The summed E-state index contributed by atoms with van der Waals surface area (Å²) in [6, 6.07) is 13.6. The van der Waals surface area contributed by atoms with E-state index in [0.29, 0.717) is 18.0 Å². The van der Waals surface area contributed by atoms with Crippen LogP contribution in [0.1, 0.15) is 12.8 Å². The molecule has 154 valence electrons. The van der Waals surface area contributed by atoms with Gasteiger partial charge in [-0.25, -0.2) is 4.98 Å². The molecule has 3 heterocycles. The molecule has 7 heteroatoms. The number of carbonyl (C=O) groups excluding carboxylic acids is 1. The minimum absolute atomic E-state index is 0.0242. The predicted octanol–water partition coefficient (Wildman–Crippen LogP) is 3.81. The molecule has 2 aromatic carbocycles. The lowest BCUT2D eigenvalue weighted by atomic mass is 9.96. The molecule has 7 nitrogen and oxygen atoms in total. The number of benzene rings is 2. The molecule has 2 aliphatic rings. The van der Waals surface area contributed by atoms with E-state index in [2.05, 4.69) is 27.4 Å². The van der Waals surface area contributed by atoms with Crippen molar-refractivity contribution < 1.29 is 14.3 Å². The highest BCUT2D eigenvalue weighted by Crippen LogP contribution is 2.34. The number of aromatic nitrogens is 2. The molecule has 1 aromatic heterocycles. The largest absolute Gasteiger partial charge is 0.454 e. The summed E-state index contributed by atoms with van der Waals surface area (Å²) < 4.78 is 12.9. The average Bonchev–Trinajstić information content (AvgIpc) is 3.39. The molecule has 0 atom stereocenters.